The van der Waals surface area contributed by atoms with E-state index in [1.807, 2.05) is 0 Å². The first kappa shape index (κ1) is 11.9. The zero-order valence-electron chi connectivity index (χ0n) is 8.76. The fourth-order valence-electron chi connectivity index (χ4n) is 1.92. The summed E-state index contributed by atoms with van der Waals surface area (Å²) >= 11 is 5.67. The zero-order chi connectivity index (χ0) is 12.6. The van der Waals surface area contributed by atoms with E-state index in [4.69, 9.17) is 16.7 Å². The molecule has 0 aromatic carbocycles. The molecule has 2 heterocycles. The van der Waals surface area contributed by atoms with Crippen molar-refractivity contribution in [2.75, 3.05) is 6.54 Å². The van der Waals surface area contributed by atoms with E-state index in [0.29, 0.717) is 5.02 Å². The van der Waals surface area contributed by atoms with Gasteiger partial charge in [0.25, 0.3) is 5.91 Å². The van der Waals surface area contributed by atoms with E-state index in [9.17, 15) is 14.7 Å². The SMILES string of the molecule is O=C(O)C1CC(O)CN1C(=O)c1cc(Cl)c[nH]1. The second kappa shape index (κ2) is 4.38. The third kappa shape index (κ3) is 2.27. The number of aliphatic carboxylic acids is 1. The van der Waals surface area contributed by atoms with Crippen molar-refractivity contribution in [1.29, 1.82) is 0 Å². The number of carbonyl (C=O) groups is 2. The Morgan fingerprint density at radius 3 is 2.76 bits per heavy atom. The van der Waals surface area contributed by atoms with Gasteiger partial charge in [-0.25, -0.2) is 4.79 Å². The van der Waals surface area contributed by atoms with Crippen LogP contribution in [0.5, 0.6) is 0 Å². The highest BCUT2D eigenvalue weighted by molar-refractivity contribution is 6.31. The Hall–Kier alpha value is -1.53. The van der Waals surface area contributed by atoms with Gasteiger partial charge in [0.1, 0.15) is 11.7 Å². The van der Waals surface area contributed by atoms with E-state index in [0.717, 1.165) is 4.90 Å². The molecule has 17 heavy (non-hydrogen) atoms. The molecule has 1 aromatic rings. The van der Waals surface area contributed by atoms with Crippen molar-refractivity contribution in [2.24, 2.45) is 0 Å². The first-order valence-corrected chi connectivity index (χ1v) is 5.42. The minimum absolute atomic E-state index is 0.0203. The van der Waals surface area contributed by atoms with Crippen LogP contribution in [0.3, 0.4) is 0 Å². The van der Waals surface area contributed by atoms with Crippen LogP contribution in [-0.4, -0.2) is 50.7 Å². The van der Waals surface area contributed by atoms with Gasteiger partial charge in [-0.1, -0.05) is 11.6 Å². The van der Waals surface area contributed by atoms with Crippen molar-refractivity contribution < 1.29 is 19.8 Å². The summed E-state index contributed by atoms with van der Waals surface area (Å²) in [6.45, 7) is 0.0203. The molecule has 0 bridgehead atoms. The van der Waals surface area contributed by atoms with Crippen molar-refractivity contribution in [1.82, 2.24) is 9.88 Å². The number of aromatic nitrogens is 1. The molecule has 0 radical (unpaired) electrons. The summed E-state index contributed by atoms with van der Waals surface area (Å²) in [6.07, 6.45) is 0.692. The van der Waals surface area contributed by atoms with Crippen molar-refractivity contribution in [3.05, 3.63) is 23.0 Å². The summed E-state index contributed by atoms with van der Waals surface area (Å²) in [5, 5.41) is 18.8. The van der Waals surface area contributed by atoms with Gasteiger partial charge in [-0.15, -0.1) is 0 Å². The summed E-state index contributed by atoms with van der Waals surface area (Å²) in [6, 6.07) is 0.438. The number of amides is 1. The van der Waals surface area contributed by atoms with Crippen LogP contribution in [0.1, 0.15) is 16.9 Å². The predicted octanol–water partition coefficient (Wildman–Crippen LogP) is 0.328. The van der Waals surface area contributed by atoms with E-state index in [-0.39, 0.29) is 18.7 Å². The Balaban J connectivity index is 2.21. The lowest BCUT2D eigenvalue weighted by atomic mass is 10.2. The van der Waals surface area contributed by atoms with Gasteiger partial charge in [0, 0.05) is 19.2 Å². The largest absolute Gasteiger partial charge is 0.480 e. The van der Waals surface area contributed by atoms with Crippen molar-refractivity contribution in [3.63, 3.8) is 0 Å². The Kier molecular flexibility index (Phi) is 3.08. The van der Waals surface area contributed by atoms with Crippen LogP contribution in [0.2, 0.25) is 5.02 Å². The average Bonchev–Trinajstić information content (AvgIpc) is 2.83. The number of rotatable bonds is 2. The van der Waals surface area contributed by atoms with Gasteiger partial charge in [-0.3, -0.25) is 4.79 Å². The van der Waals surface area contributed by atoms with Crippen LogP contribution in [-0.2, 0) is 4.79 Å². The van der Waals surface area contributed by atoms with Gasteiger partial charge < -0.3 is 20.1 Å². The molecule has 6 nitrogen and oxygen atoms in total. The predicted molar refractivity (Wildman–Crippen MR) is 58.9 cm³/mol. The van der Waals surface area contributed by atoms with Gasteiger partial charge in [-0.2, -0.15) is 0 Å². The van der Waals surface area contributed by atoms with Gasteiger partial charge >= 0.3 is 5.97 Å². The molecule has 1 fully saturated rings. The van der Waals surface area contributed by atoms with Crippen molar-refractivity contribution in [3.8, 4) is 0 Å². The van der Waals surface area contributed by atoms with Gasteiger partial charge in [0.05, 0.1) is 11.1 Å². The molecule has 2 unspecified atom stereocenters. The third-order valence-electron chi connectivity index (χ3n) is 2.70. The molecule has 0 aliphatic carbocycles. The number of likely N-dealkylation sites (tertiary alicyclic amines) is 1. The quantitative estimate of drug-likeness (QED) is 0.713. The van der Waals surface area contributed by atoms with Crippen molar-refractivity contribution >= 4 is 23.5 Å². The molecular formula is C10H11ClN2O4. The van der Waals surface area contributed by atoms with Crippen LogP contribution < -0.4 is 0 Å². The number of β-amino-alcohol motifs (C(OH)–C–C–N with tert-alkyl or cyclic N) is 1. The summed E-state index contributed by atoms with van der Waals surface area (Å²) < 4.78 is 0. The molecule has 0 saturated carbocycles. The summed E-state index contributed by atoms with van der Waals surface area (Å²) in [4.78, 5) is 26.7. The molecule has 1 aromatic heterocycles. The molecule has 7 heteroatoms. The second-order valence-corrected chi connectivity index (χ2v) is 4.37. The lowest BCUT2D eigenvalue weighted by Gasteiger charge is -2.20. The minimum atomic E-state index is -1.12. The van der Waals surface area contributed by atoms with Gasteiger partial charge in [0.2, 0.25) is 0 Å². The highest BCUT2D eigenvalue weighted by Gasteiger charge is 2.39. The smallest absolute Gasteiger partial charge is 0.326 e. The molecule has 1 saturated heterocycles. The van der Waals surface area contributed by atoms with E-state index in [1.165, 1.54) is 12.3 Å². The zero-order valence-corrected chi connectivity index (χ0v) is 9.52. The highest BCUT2D eigenvalue weighted by atomic mass is 35.5. The number of hydrogen-bond donors (Lipinski definition) is 3. The van der Waals surface area contributed by atoms with Crippen molar-refractivity contribution in [2.45, 2.75) is 18.6 Å². The van der Waals surface area contributed by atoms with Crippen LogP contribution in [0, 0.1) is 0 Å². The molecule has 3 N–H and O–H groups in total. The lowest BCUT2D eigenvalue weighted by Crippen LogP contribution is -2.40. The average molecular weight is 259 g/mol. The Labute approximate surface area is 102 Å². The maximum Gasteiger partial charge on any atom is 0.326 e. The Bertz CT molecular complexity index is 459. The van der Waals surface area contributed by atoms with E-state index in [1.54, 1.807) is 0 Å². The number of halogens is 1. The second-order valence-electron chi connectivity index (χ2n) is 3.93. The topological polar surface area (TPSA) is 93.6 Å². The Morgan fingerprint density at radius 1 is 1.53 bits per heavy atom. The minimum Gasteiger partial charge on any atom is -0.480 e. The lowest BCUT2D eigenvalue weighted by molar-refractivity contribution is -0.141. The summed E-state index contributed by atoms with van der Waals surface area (Å²) in [5.74, 6) is -1.59. The van der Waals surface area contributed by atoms with E-state index < -0.39 is 24.0 Å². The first-order chi connectivity index (χ1) is 7.99. The number of carbonyl (C=O) groups excluding carboxylic acids is 1. The van der Waals surface area contributed by atoms with Crippen LogP contribution in [0.15, 0.2) is 12.3 Å². The summed E-state index contributed by atoms with van der Waals surface area (Å²) in [5.41, 5.74) is 0.218. The number of aliphatic hydroxyl groups excluding tert-OH is 1. The normalized spacial score (nSPS) is 24.0. The molecule has 1 amide bonds. The maximum absolute atomic E-state index is 12.0. The number of carboxylic acid groups (broad SMARTS) is 1. The molecular weight excluding hydrogens is 248 g/mol. The fourth-order valence-corrected chi connectivity index (χ4v) is 2.08. The fraction of sp³-hybridized carbons (Fsp3) is 0.400. The van der Waals surface area contributed by atoms with E-state index >= 15 is 0 Å². The first-order valence-electron chi connectivity index (χ1n) is 5.05. The number of hydrogen-bond acceptors (Lipinski definition) is 3. The number of aromatic amines is 1. The molecule has 92 valence electrons. The number of nitrogens with zero attached hydrogens (tertiary/aromatic N) is 1. The van der Waals surface area contributed by atoms with Crippen LogP contribution >= 0.6 is 11.6 Å². The van der Waals surface area contributed by atoms with E-state index in [2.05, 4.69) is 4.98 Å². The number of carboxylic acids is 1. The molecule has 2 atom stereocenters. The molecule has 0 spiro atoms. The standard InChI is InChI=1S/C10H11ClN2O4/c11-5-1-7(12-3-5)9(15)13-4-6(14)2-8(13)10(16)17/h1,3,6,8,12,14H,2,4H2,(H,16,17). The van der Waals surface area contributed by atoms with Crippen LogP contribution in [0.25, 0.3) is 0 Å². The van der Waals surface area contributed by atoms with Gasteiger partial charge in [0.15, 0.2) is 0 Å². The number of aliphatic hydroxyl groups is 1. The maximum atomic E-state index is 12.0. The third-order valence-corrected chi connectivity index (χ3v) is 2.92. The monoisotopic (exact) mass is 258 g/mol. The number of H-pyrrole nitrogens is 1. The number of nitrogens with one attached hydrogen (secondary N) is 1. The van der Waals surface area contributed by atoms with Crippen LogP contribution in [0.4, 0.5) is 0 Å². The Morgan fingerprint density at radius 2 is 2.24 bits per heavy atom. The highest BCUT2D eigenvalue weighted by Crippen LogP contribution is 2.21. The molecule has 1 aliphatic rings. The van der Waals surface area contributed by atoms with Gasteiger partial charge in [-0.05, 0) is 6.07 Å². The summed E-state index contributed by atoms with van der Waals surface area (Å²) in [7, 11) is 0. The molecule has 2 rings (SSSR count). The molecule has 1 aliphatic heterocycles.